The van der Waals surface area contributed by atoms with E-state index in [0.29, 0.717) is 5.41 Å². The largest absolute Gasteiger partial charge is 0.0651 e. The van der Waals surface area contributed by atoms with Gasteiger partial charge < -0.3 is 0 Å². The second kappa shape index (κ2) is 5.67. The average Bonchev–Trinajstić information content (AvgIpc) is 2.13. The lowest BCUT2D eigenvalue weighted by Crippen LogP contribution is -2.14. The molecule has 2 atom stereocenters. The minimum atomic E-state index is 0.557. The highest BCUT2D eigenvalue weighted by molar-refractivity contribution is 4.69. The summed E-state index contributed by atoms with van der Waals surface area (Å²) in [4.78, 5) is 0. The van der Waals surface area contributed by atoms with E-state index in [0.717, 1.165) is 11.8 Å². The molecule has 0 bridgehead atoms. The zero-order chi connectivity index (χ0) is 10.5. The fraction of sp³-hybridized carbons (Fsp3) is 1.00. The van der Waals surface area contributed by atoms with Gasteiger partial charge in [0.25, 0.3) is 0 Å². The van der Waals surface area contributed by atoms with Crippen LogP contribution in [0.1, 0.15) is 67.2 Å². The Labute approximate surface area is 85.1 Å². The van der Waals surface area contributed by atoms with Crippen LogP contribution < -0.4 is 0 Å². The maximum absolute atomic E-state index is 2.40. The van der Waals surface area contributed by atoms with Gasteiger partial charge in [-0.25, -0.2) is 0 Å². The molecule has 0 N–H and O–H groups in total. The van der Waals surface area contributed by atoms with E-state index >= 15 is 0 Å². The van der Waals surface area contributed by atoms with Gasteiger partial charge in [0.2, 0.25) is 0 Å². The van der Waals surface area contributed by atoms with Gasteiger partial charge in [0, 0.05) is 0 Å². The predicted molar refractivity (Wildman–Crippen MR) is 61.9 cm³/mol. The normalized spacial score (nSPS) is 17.1. The van der Waals surface area contributed by atoms with Gasteiger partial charge in [-0.15, -0.1) is 0 Å². The summed E-state index contributed by atoms with van der Waals surface area (Å²) in [7, 11) is 0. The third-order valence-electron chi connectivity index (χ3n) is 3.85. The fourth-order valence-electron chi connectivity index (χ4n) is 1.48. The maximum atomic E-state index is 2.40. The highest BCUT2D eigenvalue weighted by Gasteiger charge is 2.18. The van der Waals surface area contributed by atoms with E-state index in [-0.39, 0.29) is 0 Å². The molecule has 0 radical (unpaired) electrons. The van der Waals surface area contributed by atoms with E-state index in [2.05, 4.69) is 41.5 Å². The van der Waals surface area contributed by atoms with Crippen molar-refractivity contribution in [1.82, 2.24) is 0 Å². The van der Waals surface area contributed by atoms with Gasteiger partial charge in [-0.05, 0) is 30.1 Å². The molecule has 0 aliphatic carbocycles. The van der Waals surface area contributed by atoms with Crippen LogP contribution in [0.2, 0.25) is 0 Å². The van der Waals surface area contributed by atoms with Crippen molar-refractivity contribution in [3.05, 3.63) is 0 Å². The third-order valence-corrected chi connectivity index (χ3v) is 3.85. The molecule has 0 heterocycles. The molecule has 0 saturated carbocycles. The van der Waals surface area contributed by atoms with Crippen molar-refractivity contribution >= 4 is 0 Å². The number of hydrogen-bond acceptors (Lipinski definition) is 0. The average molecular weight is 184 g/mol. The monoisotopic (exact) mass is 184 g/mol. The zero-order valence-corrected chi connectivity index (χ0v) is 10.5. The molecule has 0 heteroatoms. The lowest BCUT2D eigenvalue weighted by Gasteiger charge is -2.26. The van der Waals surface area contributed by atoms with E-state index in [1.54, 1.807) is 0 Å². The van der Waals surface area contributed by atoms with Crippen LogP contribution in [0, 0.1) is 17.3 Å². The topological polar surface area (TPSA) is 0 Å². The molecule has 0 aromatic carbocycles. The minimum absolute atomic E-state index is 0.557. The Bertz CT molecular complexity index is 124. The van der Waals surface area contributed by atoms with Gasteiger partial charge in [-0.2, -0.15) is 0 Å². The first-order chi connectivity index (χ1) is 5.93. The van der Waals surface area contributed by atoms with Crippen molar-refractivity contribution in [2.75, 3.05) is 0 Å². The first kappa shape index (κ1) is 13.0. The molecule has 0 aliphatic heterocycles. The van der Waals surface area contributed by atoms with Crippen molar-refractivity contribution in [1.29, 1.82) is 0 Å². The quantitative estimate of drug-likeness (QED) is 0.551. The number of rotatable bonds is 6. The summed E-state index contributed by atoms with van der Waals surface area (Å²) < 4.78 is 0. The summed E-state index contributed by atoms with van der Waals surface area (Å²) in [6, 6.07) is 0. The molecule has 80 valence electrons. The maximum Gasteiger partial charge on any atom is -0.0357 e. The molecule has 0 aromatic heterocycles. The Hall–Kier alpha value is 0. The number of hydrogen-bond donors (Lipinski definition) is 0. The molecule has 0 spiro atoms. The van der Waals surface area contributed by atoms with Gasteiger partial charge in [0.1, 0.15) is 0 Å². The molecule has 0 aliphatic rings. The summed E-state index contributed by atoms with van der Waals surface area (Å²) in [6.45, 7) is 14.1. The van der Waals surface area contributed by atoms with Crippen LogP contribution in [0.25, 0.3) is 0 Å². The highest BCUT2D eigenvalue weighted by atomic mass is 14.2. The van der Waals surface area contributed by atoms with Crippen LogP contribution >= 0.6 is 0 Å². The van der Waals surface area contributed by atoms with Gasteiger partial charge in [-0.1, -0.05) is 54.4 Å². The Morgan fingerprint density at radius 3 is 1.92 bits per heavy atom. The lowest BCUT2D eigenvalue weighted by atomic mass is 9.80. The SMILES string of the molecule is CCC(C)C(C)CCC(C)(C)CC. The second-order valence-corrected chi connectivity index (χ2v) is 5.42. The Balaban J connectivity index is 3.75. The van der Waals surface area contributed by atoms with Crippen molar-refractivity contribution in [3.63, 3.8) is 0 Å². The van der Waals surface area contributed by atoms with E-state index in [4.69, 9.17) is 0 Å². The van der Waals surface area contributed by atoms with Gasteiger partial charge in [-0.3, -0.25) is 0 Å². The summed E-state index contributed by atoms with van der Waals surface area (Å²) in [5.74, 6) is 1.79. The smallest absolute Gasteiger partial charge is 0.0357 e. The molecule has 0 aromatic rings. The summed E-state index contributed by atoms with van der Waals surface area (Å²) in [5.41, 5.74) is 0.557. The van der Waals surface area contributed by atoms with Crippen LogP contribution in [0.3, 0.4) is 0 Å². The van der Waals surface area contributed by atoms with Gasteiger partial charge in [0.15, 0.2) is 0 Å². The van der Waals surface area contributed by atoms with Crippen molar-refractivity contribution < 1.29 is 0 Å². The molecule has 0 fully saturated rings. The van der Waals surface area contributed by atoms with Gasteiger partial charge in [0.05, 0.1) is 0 Å². The summed E-state index contributed by atoms with van der Waals surface area (Å²) in [5, 5.41) is 0. The first-order valence-electron chi connectivity index (χ1n) is 5.93. The Morgan fingerprint density at radius 2 is 1.54 bits per heavy atom. The standard InChI is InChI=1S/C13H28/c1-7-11(3)12(4)9-10-13(5,6)8-2/h11-12H,7-10H2,1-6H3. The van der Waals surface area contributed by atoms with Gasteiger partial charge >= 0.3 is 0 Å². The molecule has 0 nitrogen and oxygen atoms in total. The van der Waals surface area contributed by atoms with E-state index < -0.39 is 0 Å². The second-order valence-electron chi connectivity index (χ2n) is 5.42. The molecular weight excluding hydrogens is 156 g/mol. The molecule has 0 amide bonds. The van der Waals surface area contributed by atoms with Crippen molar-refractivity contribution in [2.45, 2.75) is 67.2 Å². The van der Waals surface area contributed by atoms with Crippen molar-refractivity contribution in [2.24, 2.45) is 17.3 Å². The Morgan fingerprint density at radius 1 is 1.00 bits per heavy atom. The molecule has 2 unspecified atom stereocenters. The van der Waals surface area contributed by atoms with E-state index in [1.807, 2.05) is 0 Å². The van der Waals surface area contributed by atoms with E-state index in [1.165, 1.54) is 25.7 Å². The van der Waals surface area contributed by atoms with E-state index in [9.17, 15) is 0 Å². The first-order valence-corrected chi connectivity index (χ1v) is 5.93. The highest BCUT2D eigenvalue weighted by Crippen LogP contribution is 2.30. The Kier molecular flexibility index (Phi) is 5.67. The van der Waals surface area contributed by atoms with Crippen LogP contribution in [-0.4, -0.2) is 0 Å². The molecule has 0 rings (SSSR count). The van der Waals surface area contributed by atoms with Crippen molar-refractivity contribution in [3.8, 4) is 0 Å². The summed E-state index contributed by atoms with van der Waals surface area (Å²) in [6.07, 6.45) is 5.42. The molecule has 0 saturated heterocycles. The summed E-state index contributed by atoms with van der Waals surface area (Å²) >= 11 is 0. The zero-order valence-electron chi connectivity index (χ0n) is 10.5. The lowest BCUT2D eigenvalue weighted by molar-refractivity contribution is 0.255. The molecule has 13 heavy (non-hydrogen) atoms. The van der Waals surface area contributed by atoms with Crippen LogP contribution in [0.4, 0.5) is 0 Å². The fourth-order valence-corrected chi connectivity index (χ4v) is 1.48. The van der Waals surface area contributed by atoms with Crippen LogP contribution in [0.15, 0.2) is 0 Å². The minimum Gasteiger partial charge on any atom is -0.0651 e. The van der Waals surface area contributed by atoms with Crippen LogP contribution in [0.5, 0.6) is 0 Å². The third kappa shape index (κ3) is 5.33. The molecular formula is C13H28. The predicted octanol–water partition coefficient (Wildman–Crippen LogP) is 4.89. The van der Waals surface area contributed by atoms with Crippen LogP contribution in [-0.2, 0) is 0 Å².